The molecular weight excluding hydrogens is 250 g/mol. The highest BCUT2D eigenvalue weighted by Gasteiger charge is 2.16. The van der Waals surface area contributed by atoms with Gasteiger partial charge in [0, 0.05) is 13.2 Å². The van der Waals surface area contributed by atoms with Crippen molar-refractivity contribution >= 4 is 0 Å². The van der Waals surface area contributed by atoms with Crippen molar-refractivity contribution in [1.29, 1.82) is 0 Å². The monoisotopic (exact) mass is 285 g/mol. The molecule has 1 aliphatic rings. The molecule has 0 radical (unpaired) electrons. The van der Waals surface area contributed by atoms with Crippen molar-refractivity contribution in [3.8, 4) is 0 Å². The van der Waals surface area contributed by atoms with Gasteiger partial charge in [-0.05, 0) is 31.2 Å². The molecule has 0 bridgehead atoms. The number of hydrogen-bond donors (Lipinski definition) is 2. The largest absolute Gasteiger partial charge is 0.389 e. The Kier molecular flexibility index (Phi) is 10.3. The first-order valence-corrected chi connectivity index (χ1v) is 8.72. The fourth-order valence-corrected chi connectivity index (χ4v) is 2.68. The van der Waals surface area contributed by atoms with Gasteiger partial charge in [0.05, 0.1) is 12.7 Å². The summed E-state index contributed by atoms with van der Waals surface area (Å²) in [7, 11) is 0. The fourth-order valence-electron chi connectivity index (χ4n) is 2.68. The number of nitrogens with one attached hydrogen (secondary N) is 1. The van der Waals surface area contributed by atoms with Crippen molar-refractivity contribution < 1.29 is 9.84 Å². The van der Waals surface area contributed by atoms with Crippen LogP contribution in [0.4, 0.5) is 0 Å². The SMILES string of the molecule is CCCCC(CC)COCC(O)CNCCC1CCC1. The smallest absolute Gasteiger partial charge is 0.0897 e. The van der Waals surface area contributed by atoms with Gasteiger partial charge in [-0.3, -0.25) is 0 Å². The molecule has 0 spiro atoms. The number of rotatable bonds is 13. The molecule has 1 saturated carbocycles. The van der Waals surface area contributed by atoms with Crippen LogP contribution in [0.2, 0.25) is 0 Å². The zero-order valence-electron chi connectivity index (χ0n) is 13.6. The topological polar surface area (TPSA) is 41.5 Å². The molecule has 0 aromatic heterocycles. The van der Waals surface area contributed by atoms with E-state index in [4.69, 9.17) is 4.74 Å². The summed E-state index contributed by atoms with van der Waals surface area (Å²) in [5.74, 6) is 1.61. The van der Waals surface area contributed by atoms with Crippen LogP contribution < -0.4 is 5.32 Å². The Morgan fingerprint density at radius 2 is 2.05 bits per heavy atom. The summed E-state index contributed by atoms with van der Waals surface area (Å²) < 4.78 is 5.67. The van der Waals surface area contributed by atoms with E-state index in [9.17, 15) is 5.11 Å². The van der Waals surface area contributed by atoms with Crippen LogP contribution >= 0.6 is 0 Å². The van der Waals surface area contributed by atoms with Crippen molar-refractivity contribution in [2.24, 2.45) is 11.8 Å². The van der Waals surface area contributed by atoms with E-state index in [-0.39, 0.29) is 6.10 Å². The van der Waals surface area contributed by atoms with Crippen molar-refractivity contribution in [3.05, 3.63) is 0 Å². The molecule has 0 aliphatic heterocycles. The highest BCUT2D eigenvalue weighted by Crippen LogP contribution is 2.28. The summed E-state index contributed by atoms with van der Waals surface area (Å²) in [4.78, 5) is 0. The Labute approximate surface area is 125 Å². The second-order valence-corrected chi connectivity index (χ2v) is 6.40. The number of unbranched alkanes of at least 4 members (excludes halogenated alkanes) is 1. The van der Waals surface area contributed by atoms with E-state index in [1.165, 1.54) is 51.4 Å². The van der Waals surface area contributed by atoms with Gasteiger partial charge in [-0.15, -0.1) is 0 Å². The summed E-state index contributed by atoms with van der Waals surface area (Å²) in [5.41, 5.74) is 0. The van der Waals surface area contributed by atoms with Crippen LogP contribution in [0.5, 0.6) is 0 Å². The predicted octanol–water partition coefficient (Wildman–Crippen LogP) is 3.36. The quantitative estimate of drug-likeness (QED) is 0.510. The van der Waals surface area contributed by atoms with E-state index in [1.54, 1.807) is 0 Å². The Bertz CT molecular complexity index is 219. The molecule has 3 heteroatoms. The van der Waals surface area contributed by atoms with Gasteiger partial charge in [-0.1, -0.05) is 52.4 Å². The number of hydrogen-bond acceptors (Lipinski definition) is 3. The van der Waals surface area contributed by atoms with E-state index < -0.39 is 0 Å². The van der Waals surface area contributed by atoms with Gasteiger partial charge in [-0.25, -0.2) is 0 Å². The van der Waals surface area contributed by atoms with Gasteiger partial charge >= 0.3 is 0 Å². The molecule has 1 rings (SSSR count). The summed E-state index contributed by atoms with van der Waals surface area (Å²) in [6, 6.07) is 0. The van der Waals surface area contributed by atoms with Gasteiger partial charge in [0.1, 0.15) is 0 Å². The first kappa shape index (κ1) is 17.9. The maximum absolute atomic E-state index is 9.86. The van der Waals surface area contributed by atoms with Crippen molar-refractivity contribution in [1.82, 2.24) is 5.32 Å². The minimum Gasteiger partial charge on any atom is -0.389 e. The number of aliphatic hydroxyl groups is 1. The Morgan fingerprint density at radius 1 is 1.25 bits per heavy atom. The zero-order chi connectivity index (χ0) is 14.6. The lowest BCUT2D eigenvalue weighted by atomic mass is 9.83. The third-order valence-electron chi connectivity index (χ3n) is 4.54. The first-order chi connectivity index (χ1) is 9.76. The van der Waals surface area contributed by atoms with E-state index in [2.05, 4.69) is 19.2 Å². The van der Waals surface area contributed by atoms with Crippen LogP contribution in [-0.4, -0.2) is 37.5 Å². The Hall–Kier alpha value is -0.120. The lowest BCUT2D eigenvalue weighted by molar-refractivity contribution is 0.0192. The van der Waals surface area contributed by atoms with Gasteiger partial charge in [-0.2, -0.15) is 0 Å². The minimum absolute atomic E-state index is 0.361. The molecule has 0 amide bonds. The maximum Gasteiger partial charge on any atom is 0.0897 e. The molecule has 2 N–H and O–H groups in total. The molecular formula is C17H35NO2. The van der Waals surface area contributed by atoms with Crippen LogP contribution in [0.1, 0.15) is 65.2 Å². The van der Waals surface area contributed by atoms with E-state index in [0.29, 0.717) is 19.1 Å². The average Bonchev–Trinajstić information content (AvgIpc) is 2.40. The lowest BCUT2D eigenvalue weighted by Gasteiger charge is -2.25. The fraction of sp³-hybridized carbons (Fsp3) is 1.00. The lowest BCUT2D eigenvalue weighted by Crippen LogP contribution is -2.32. The summed E-state index contributed by atoms with van der Waals surface area (Å²) >= 11 is 0. The highest BCUT2D eigenvalue weighted by molar-refractivity contribution is 4.70. The normalized spacial score (nSPS) is 18.8. The molecule has 120 valence electrons. The molecule has 0 heterocycles. The number of ether oxygens (including phenoxy) is 1. The van der Waals surface area contributed by atoms with Crippen LogP contribution in [-0.2, 0) is 4.74 Å². The van der Waals surface area contributed by atoms with Crippen LogP contribution in [0.3, 0.4) is 0 Å². The van der Waals surface area contributed by atoms with Gasteiger partial charge in [0.25, 0.3) is 0 Å². The first-order valence-electron chi connectivity index (χ1n) is 8.72. The third-order valence-corrected chi connectivity index (χ3v) is 4.54. The van der Waals surface area contributed by atoms with Crippen LogP contribution in [0.25, 0.3) is 0 Å². The standard InChI is InChI=1S/C17H35NO2/c1-3-5-7-15(4-2)13-20-14-17(19)12-18-11-10-16-8-6-9-16/h15-19H,3-14H2,1-2H3. The summed E-state index contributed by atoms with van der Waals surface area (Å²) in [6.07, 6.45) is 10.1. The molecule has 0 saturated heterocycles. The second kappa shape index (κ2) is 11.5. The molecule has 20 heavy (non-hydrogen) atoms. The molecule has 0 aromatic rings. The second-order valence-electron chi connectivity index (χ2n) is 6.40. The number of aliphatic hydroxyl groups excluding tert-OH is 1. The van der Waals surface area contributed by atoms with E-state index >= 15 is 0 Å². The van der Waals surface area contributed by atoms with E-state index in [1.807, 2.05) is 0 Å². The Morgan fingerprint density at radius 3 is 2.65 bits per heavy atom. The molecule has 1 aliphatic carbocycles. The zero-order valence-corrected chi connectivity index (χ0v) is 13.6. The summed E-state index contributed by atoms with van der Waals surface area (Å²) in [5, 5.41) is 13.2. The maximum atomic E-state index is 9.86. The molecule has 3 nitrogen and oxygen atoms in total. The minimum atomic E-state index is -0.361. The third kappa shape index (κ3) is 8.23. The van der Waals surface area contributed by atoms with Crippen LogP contribution in [0, 0.1) is 11.8 Å². The average molecular weight is 285 g/mol. The van der Waals surface area contributed by atoms with E-state index in [0.717, 1.165) is 19.1 Å². The van der Waals surface area contributed by atoms with Gasteiger partial charge in [0.15, 0.2) is 0 Å². The van der Waals surface area contributed by atoms with Crippen molar-refractivity contribution in [2.45, 2.75) is 71.3 Å². The molecule has 0 aromatic carbocycles. The summed E-state index contributed by atoms with van der Waals surface area (Å²) in [6.45, 7) is 7.43. The molecule has 2 atom stereocenters. The van der Waals surface area contributed by atoms with Gasteiger partial charge in [0.2, 0.25) is 0 Å². The molecule has 2 unspecified atom stereocenters. The van der Waals surface area contributed by atoms with Crippen LogP contribution in [0.15, 0.2) is 0 Å². The highest BCUT2D eigenvalue weighted by atomic mass is 16.5. The predicted molar refractivity (Wildman–Crippen MR) is 85.0 cm³/mol. The van der Waals surface area contributed by atoms with Crippen molar-refractivity contribution in [3.63, 3.8) is 0 Å². The van der Waals surface area contributed by atoms with Gasteiger partial charge < -0.3 is 15.2 Å². The Balaban J connectivity index is 1.91. The van der Waals surface area contributed by atoms with Crippen molar-refractivity contribution in [2.75, 3.05) is 26.3 Å². The molecule has 1 fully saturated rings.